The standard InChI is InChI=1S/C22H36O3.C3H8/c1-8-10-17(9-2)18-11-13-19(14-12-18)21(23)25-20(24-16(3)4)15-22(5,6)7;1-3-2/h11-14,16-17,20H,8-10,15H2,1-7H3;3H2,1-2H3. The van der Waals surface area contributed by atoms with E-state index >= 15 is 0 Å². The molecule has 0 bridgehead atoms. The van der Waals surface area contributed by atoms with Gasteiger partial charge in [0.2, 0.25) is 6.29 Å². The molecule has 0 saturated heterocycles. The number of hydrogen-bond donors (Lipinski definition) is 0. The summed E-state index contributed by atoms with van der Waals surface area (Å²) >= 11 is 0. The molecule has 0 aliphatic rings. The van der Waals surface area contributed by atoms with Crippen molar-refractivity contribution in [1.82, 2.24) is 0 Å². The van der Waals surface area contributed by atoms with Gasteiger partial charge in [0.15, 0.2) is 0 Å². The van der Waals surface area contributed by atoms with E-state index in [2.05, 4.69) is 60.6 Å². The van der Waals surface area contributed by atoms with Gasteiger partial charge in [-0.25, -0.2) is 4.79 Å². The molecule has 0 fully saturated rings. The number of ether oxygens (including phenoxy) is 2. The minimum atomic E-state index is -0.518. The number of esters is 1. The first-order valence-corrected chi connectivity index (χ1v) is 11.0. The van der Waals surface area contributed by atoms with Crippen molar-refractivity contribution in [3.63, 3.8) is 0 Å². The van der Waals surface area contributed by atoms with E-state index < -0.39 is 6.29 Å². The van der Waals surface area contributed by atoms with Gasteiger partial charge in [0, 0.05) is 6.42 Å². The fourth-order valence-electron chi connectivity index (χ4n) is 2.95. The molecule has 0 aliphatic heterocycles. The Hall–Kier alpha value is -1.35. The maximum atomic E-state index is 12.5. The van der Waals surface area contributed by atoms with Gasteiger partial charge in [-0.3, -0.25) is 0 Å². The van der Waals surface area contributed by atoms with Gasteiger partial charge in [-0.05, 0) is 55.7 Å². The van der Waals surface area contributed by atoms with E-state index in [1.807, 2.05) is 26.0 Å². The highest BCUT2D eigenvalue weighted by molar-refractivity contribution is 5.89. The monoisotopic (exact) mass is 392 g/mol. The molecule has 0 amide bonds. The lowest BCUT2D eigenvalue weighted by atomic mass is 9.91. The molecule has 1 rings (SSSR count). The fraction of sp³-hybridized carbons (Fsp3) is 0.720. The first kappa shape index (κ1) is 26.6. The summed E-state index contributed by atoms with van der Waals surface area (Å²) in [7, 11) is 0. The summed E-state index contributed by atoms with van der Waals surface area (Å²) < 4.78 is 11.4. The Balaban J connectivity index is 0.00000227. The summed E-state index contributed by atoms with van der Waals surface area (Å²) in [5.74, 6) is 0.248. The van der Waals surface area contributed by atoms with Crippen LogP contribution in [0.4, 0.5) is 0 Å². The first-order chi connectivity index (χ1) is 13.1. The predicted octanol–water partition coefficient (Wildman–Crippen LogP) is 7.74. The van der Waals surface area contributed by atoms with Crippen molar-refractivity contribution in [2.75, 3.05) is 0 Å². The van der Waals surface area contributed by atoms with Crippen LogP contribution >= 0.6 is 0 Å². The molecule has 0 N–H and O–H groups in total. The van der Waals surface area contributed by atoms with Crippen molar-refractivity contribution in [1.29, 1.82) is 0 Å². The summed E-state index contributed by atoms with van der Waals surface area (Å²) in [6.45, 7) is 18.9. The van der Waals surface area contributed by atoms with Crippen LogP contribution in [-0.4, -0.2) is 18.4 Å². The fourth-order valence-corrected chi connectivity index (χ4v) is 2.95. The largest absolute Gasteiger partial charge is 0.432 e. The molecule has 28 heavy (non-hydrogen) atoms. The van der Waals surface area contributed by atoms with E-state index in [1.54, 1.807) is 0 Å². The molecule has 2 atom stereocenters. The second-order valence-corrected chi connectivity index (χ2v) is 9.01. The van der Waals surface area contributed by atoms with Gasteiger partial charge in [0.1, 0.15) is 0 Å². The van der Waals surface area contributed by atoms with Crippen LogP contribution in [0, 0.1) is 5.41 Å². The molecule has 1 aromatic rings. The molecule has 0 heterocycles. The average Bonchev–Trinajstić information content (AvgIpc) is 2.58. The van der Waals surface area contributed by atoms with Gasteiger partial charge in [-0.1, -0.05) is 73.4 Å². The molecular weight excluding hydrogens is 348 g/mol. The van der Waals surface area contributed by atoms with E-state index in [0.29, 0.717) is 17.9 Å². The third-order valence-corrected chi connectivity index (χ3v) is 4.19. The van der Waals surface area contributed by atoms with Crippen LogP contribution in [0.1, 0.15) is 116 Å². The Kier molecular flexibility index (Phi) is 13.1. The highest BCUT2D eigenvalue weighted by atomic mass is 16.7. The third-order valence-electron chi connectivity index (χ3n) is 4.19. The Bertz CT molecular complexity index is 526. The molecule has 3 nitrogen and oxygen atoms in total. The van der Waals surface area contributed by atoms with Crippen molar-refractivity contribution in [3.8, 4) is 0 Å². The second-order valence-electron chi connectivity index (χ2n) is 9.01. The number of carbonyl (C=O) groups excluding carboxylic acids is 1. The zero-order chi connectivity index (χ0) is 21.7. The average molecular weight is 393 g/mol. The van der Waals surface area contributed by atoms with Crippen LogP contribution < -0.4 is 0 Å². The van der Waals surface area contributed by atoms with Crippen molar-refractivity contribution in [2.45, 2.75) is 113 Å². The van der Waals surface area contributed by atoms with Crippen LogP contribution in [0.2, 0.25) is 0 Å². The number of hydrogen-bond acceptors (Lipinski definition) is 3. The molecule has 0 aliphatic carbocycles. The van der Waals surface area contributed by atoms with Gasteiger partial charge >= 0.3 is 5.97 Å². The van der Waals surface area contributed by atoms with E-state index in [1.165, 1.54) is 24.8 Å². The summed E-state index contributed by atoms with van der Waals surface area (Å²) in [6, 6.07) is 7.87. The predicted molar refractivity (Wildman–Crippen MR) is 120 cm³/mol. The van der Waals surface area contributed by atoms with E-state index in [4.69, 9.17) is 9.47 Å². The highest BCUT2D eigenvalue weighted by Gasteiger charge is 2.24. The maximum Gasteiger partial charge on any atom is 0.340 e. The van der Waals surface area contributed by atoms with Gasteiger partial charge in [-0.15, -0.1) is 0 Å². The van der Waals surface area contributed by atoms with Crippen molar-refractivity contribution in [2.24, 2.45) is 5.41 Å². The number of carbonyl (C=O) groups is 1. The quantitative estimate of drug-likeness (QED) is 0.318. The van der Waals surface area contributed by atoms with E-state index in [-0.39, 0.29) is 17.5 Å². The molecule has 3 heteroatoms. The summed E-state index contributed by atoms with van der Waals surface area (Å²) in [4.78, 5) is 12.5. The Morgan fingerprint density at radius 1 is 1.00 bits per heavy atom. The Morgan fingerprint density at radius 2 is 1.54 bits per heavy atom. The normalized spacial score (nSPS) is 13.5. The minimum absolute atomic E-state index is 0.0156. The summed E-state index contributed by atoms with van der Waals surface area (Å²) in [5.41, 5.74) is 1.91. The van der Waals surface area contributed by atoms with Crippen LogP contribution in [-0.2, 0) is 9.47 Å². The smallest absolute Gasteiger partial charge is 0.340 e. The summed E-state index contributed by atoms with van der Waals surface area (Å²) in [5, 5.41) is 0. The Labute approximate surface area is 174 Å². The van der Waals surface area contributed by atoms with Gasteiger partial charge in [-0.2, -0.15) is 0 Å². The van der Waals surface area contributed by atoms with Gasteiger partial charge in [0.25, 0.3) is 0 Å². The highest BCUT2D eigenvalue weighted by Crippen LogP contribution is 2.26. The molecule has 0 aromatic heterocycles. The molecule has 0 spiro atoms. The SMILES string of the molecule is CCC.CCCC(CC)c1ccc(C(=O)OC(CC(C)(C)C)OC(C)C)cc1. The van der Waals surface area contributed by atoms with Crippen molar-refractivity contribution >= 4 is 5.97 Å². The maximum absolute atomic E-state index is 12.5. The van der Waals surface area contributed by atoms with Crippen LogP contribution in [0.5, 0.6) is 0 Å². The zero-order valence-electron chi connectivity index (χ0n) is 19.8. The lowest BCUT2D eigenvalue weighted by molar-refractivity contribution is -0.146. The van der Waals surface area contributed by atoms with Gasteiger partial charge < -0.3 is 9.47 Å². The zero-order valence-corrected chi connectivity index (χ0v) is 19.8. The lowest BCUT2D eigenvalue weighted by Crippen LogP contribution is -2.29. The van der Waals surface area contributed by atoms with E-state index in [9.17, 15) is 4.79 Å². The minimum Gasteiger partial charge on any atom is -0.432 e. The third kappa shape index (κ3) is 11.5. The Morgan fingerprint density at radius 3 is 1.93 bits per heavy atom. The molecule has 0 saturated carbocycles. The van der Waals surface area contributed by atoms with E-state index in [0.717, 1.165) is 6.42 Å². The van der Waals surface area contributed by atoms with Gasteiger partial charge in [0.05, 0.1) is 11.7 Å². The molecule has 0 radical (unpaired) electrons. The van der Waals surface area contributed by atoms with Crippen molar-refractivity contribution < 1.29 is 14.3 Å². The molecular formula is C25H44O3. The topological polar surface area (TPSA) is 35.5 Å². The van der Waals surface area contributed by atoms with Crippen LogP contribution in [0.15, 0.2) is 24.3 Å². The lowest BCUT2D eigenvalue weighted by Gasteiger charge is -2.27. The summed E-state index contributed by atoms with van der Waals surface area (Å²) in [6.07, 6.45) is 4.88. The first-order valence-electron chi connectivity index (χ1n) is 11.0. The van der Waals surface area contributed by atoms with Crippen LogP contribution in [0.25, 0.3) is 0 Å². The molecule has 2 unspecified atom stereocenters. The molecule has 1 aromatic carbocycles. The van der Waals surface area contributed by atoms with Crippen LogP contribution in [0.3, 0.4) is 0 Å². The molecule has 162 valence electrons. The number of rotatable bonds is 9. The second kappa shape index (κ2) is 13.8. The van der Waals surface area contributed by atoms with Crippen molar-refractivity contribution in [3.05, 3.63) is 35.4 Å². The number of benzene rings is 1.